The number of benzene rings is 3. The number of hydrogen-bond acceptors (Lipinski definition) is 0. The molecule has 3 aromatic rings. The summed E-state index contributed by atoms with van der Waals surface area (Å²) in [4.78, 5) is 0. The van der Waals surface area contributed by atoms with E-state index >= 15 is 0 Å². The maximum Gasteiger partial charge on any atom is 0.416 e. The molecule has 0 unspecified atom stereocenters. The molecule has 0 spiro atoms. The van der Waals surface area contributed by atoms with Crippen molar-refractivity contribution in [2.24, 2.45) is 0 Å². The summed E-state index contributed by atoms with van der Waals surface area (Å²) in [5.41, 5.74) is 2.24. The molecule has 0 saturated heterocycles. The van der Waals surface area contributed by atoms with Gasteiger partial charge in [-0.05, 0) is 48.5 Å². The molecule has 0 N–H and O–H groups in total. The normalized spacial score (nSPS) is 10.3. The fourth-order valence-electron chi connectivity index (χ4n) is 2.24. The van der Waals surface area contributed by atoms with Gasteiger partial charge >= 0.3 is 6.18 Å². The molecule has 0 atom stereocenters. The second kappa shape index (κ2) is 7.64. The fraction of sp³-hybridized carbons (Fsp3) is 0.0435. The number of rotatable bonds is 0. The van der Waals surface area contributed by atoms with E-state index in [1.165, 1.54) is 12.1 Å². The van der Waals surface area contributed by atoms with E-state index in [0.717, 1.165) is 28.8 Å². The molecule has 3 heteroatoms. The van der Waals surface area contributed by atoms with Crippen molar-refractivity contribution in [2.45, 2.75) is 6.18 Å². The molecule has 3 rings (SSSR count). The first-order chi connectivity index (χ1) is 12.5. The highest BCUT2D eigenvalue weighted by Gasteiger charge is 2.29. The highest BCUT2D eigenvalue weighted by molar-refractivity contribution is 5.54. The van der Waals surface area contributed by atoms with Gasteiger partial charge in [0.25, 0.3) is 0 Å². The van der Waals surface area contributed by atoms with Crippen molar-refractivity contribution in [1.82, 2.24) is 0 Å². The van der Waals surface area contributed by atoms with Crippen LogP contribution in [0.5, 0.6) is 0 Å². The molecule has 0 saturated carbocycles. The predicted molar refractivity (Wildman–Crippen MR) is 96.3 cm³/mol. The molecule has 0 bridgehead atoms. The molecule has 126 valence electrons. The van der Waals surface area contributed by atoms with Crippen LogP contribution in [0.25, 0.3) is 0 Å². The first kappa shape index (κ1) is 17.4. The zero-order chi connectivity index (χ0) is 18.4. The predicted octanol–water partition coefficient (Wildman–Crippen LogP) is 5.51. The van der Waals surface area contributed by atoms with Crippen molar-refractivity contribution in [2.75, 3.05) is 0 Å². The molecule has 0 nitrogen and oxygen atoms in total. The van der Waals surface area contributed by atoms with Gasteiger partial charge in [-0.3, -0.25) is 0 Å². The van der Waals surface area contributed by atoms with Crippen LogP contribution in [-0.4, -0.2) is 0 Å². The van der Waals surface area contributed by atoms with Crippen molar-refractivity contribution in [3.63, 3.8) is 0 Å². The minimum Gasteiger partial charge on any atom is -0.166 e. The summed E-state index contributed by atoms with van der Waals surface area (Å²) >= 11 is 0. The number of halogens is 3. The third-order valence-corrected chi connectivity index (χ3v) is 3.60. The van der Waals surface area contributed by atoms with E-state index in [9.17, 15) is 13.2 Å². The SMILES string of the molecule is FC(F)(F)c1ccc(C#Cc2ccccc2C#Cc2ccccc2)cc1. The Labute approximate surface area is 150 Å². The molecule has 3 aromatic carbocycles. The Bertz CT molecular complexity index is 1010. The molecular formula is C23H13F3. The highest BCUT2D eigenvalue weighted by atomic mass is 19.4. The summed E-state index contributed by atoms with van der Waals surface area (Å²) in [5, 5.41) is 0. The highest BCUT2D eigenvalue weighted by Crippen LogP contribution is 2.28. The van der Waals surface area contributed by atoms with E-state index in [1.54, 1.807) is 0 Å². The summed E-state index contributed by atoms with van der Waals surface area (Å²) in [5.74, 6) is 12.1. The summed E-state index contributed by atoms with van der Waals surface area (Å²) in [6.45, 7) is 0. The van der Waals surface area contributed by atoms with E-state index < -0.39 is 11.7 Å². The second-order valence-corrected chi connectivity index (χ2v) is 5.49. The molecule has 0 fully saturated rings. The van der Waals surface area contributed by atoms with Crippen LogP contribution in [0, 0.1) is 23.7 Å². The van der Waals surface area contributed by atoms with E-state index in [4.69, 9.17) is 0 Å². The van der Waals surface area contributed by atoms with Gasteiger partial charge in [0.15, 0.2) is 0 Å². The minimum atomic E-state index is -4.34. The molecule has 0 amide bonds. The summed E-state index contributed by atoms with van der Waals surface area (Å²) < 4.78 is 37.8. The molecule has 0 radical (unpaired) electrons. The molecule has 0 aromatic heterocycles. The van der Waals surface area contributed by atoms with Crippen molar-refractivity contribution in [3.05, 3.63) is 107 Å². The fourth-order valence-corrected chi connectivity index (χ4v) is 2.24. The van der Waals surface area contributed by atoms with Crippen LogP contribution in [0.3, 0.4) is 0 Å². The van der Waals surface area contributed by atoms with Crippen molar-refractivity contribution >= 4 is 0 Å². The van der Waals surface area contributed by atoms with Gasteiger partial charge in [0.1, 0.15) is 0 Å². The van der Waals surface area contributed by atoms with Gasteiger partial charge in [-0.2, -0.15) is 13.2 Å². The Hall–Kier alpha value is -3.43. The van der Waals surface area contributed by atoms with Crippen LogP contribution in [0.2, 0.25) is 0 Å². The molecule has 26 heavy (non-hydrogen) atoms. The zero-order valence-electron chi connectivity index (χ0n) is 13.6. The minimum absolute atomic E-state index is 0.517. The average Bonchev–Trinajstić information content (AvgIpc) is 2.66. The molecule has 0 aliphatic heterocycles. The lowest BCUT2D eigenvalue weighted by Crippen LogP contribution is -2.04. The van der Waals surface area contributed by atoms with Crippen LogP contribution < -0.4 is 0 Å². The number of alkyl halides is 3. The van der Waals surface area contributed by atoms with Gasteiger partial charge in [-0.15, -0.1) is 0 Å². The van der Waals surface area contributed by atoms with Crippen LogP contribution in [0.4, 0.5) is 13.2 Å². The quantitative estimate of drug-likeness (QED) is 0.471. The van der Waals surface area contributed by atoms with Gasteiger partial charge in [-0.1, -0.05) is 54.0 Å². The Morgan fingerprint density at radius 1 is 0.500 bits per heavy atom. The monoisotopic (exact) mass is 346 g/mol. The topological polar surface area (TPSA) is 0 Å². The van der Waals surface area contributed by atoms with Gasteiger partial charge in [0.05, 0.1) is 5.56 Å². The van der Waals surface area contributed by atoms with Crippen LogP contribution in [-0.2, 0) is 6.18 Å². The molecule has 0 aliphatic rings. The zero-order valence-corrected chi connectivity index (χ0v) is 13.6. The molecule has 0 aliphatic carbocycles. The summed E-state index contributed by atoms with van der Waals surface area (Å²) in [7, 11) is 0. The van der Waals surface area contributed by atoms with Gasteiger partial charge in [0.2, 0.25) is 0 Å². The Morgan fingerprint density at radius 2 is 0.962 bits per heavy atom. The molecular weight excluding hydrogens is 333 g/mol. The third kappa shape index (κ3) is 4.56. The molecule has 0 heterocycles. The lowest BCUT2D eigenvalue weighted by Gasteiger charge is -2.05. The maximum atomic E-state index is 12.6. The lowest BCUT2D eigenvalue weighted by atomic mass is 10.1. The average molecular weight is 346 g/mol. The van der Waals surface area contributed by atoms with Crippen molar-refractivity contribution in [3.8, 4) is 23.7 Å². The van der Waals surface area contributed by atoms with E-state index in [-0.39, 0.29) is 0 Å². The van der Waals surface area contributed by atoms with E-state index in [0.29, 0.717) is 5.56 Å². The first-order valence-electron chi connectivity index (χ1n) is 7.88. The maximum absolute atomic E-state index is 12.6. The van der Waals surface area contributed by atoms with E-state index in [1.807, 2.05) is 54.6 Å². The smallest absolute Gasteiger partial charge is 0.166 e. The van der Waals surface area contributed by atoms with Crippen molar-refractivity contribution < 1.29 is 13.2 Å². The van der Waals surface area contributed by atoms with E-state index in [2.05, 4.69) is 23.7 Å². The number of hydrogen-bond donors (Lipinski definition) is 0. The van der Waals surface area contributed by atoms with Crippen LogP contribution >= 0.6 is 0 Å². The third-order valence-electron chi connectivity index (χ3n) is 3.60. The Balaban J connectivity index is 1.86. The van der Waals surface area contributed by atoms with Crippen LogP contribution in [0.15, 0.2) is 78.9 Å². The summed E-state index contributed by atoms with van der Waals surface area (Å²) in [6.07, 6.45) is -4.34. The standard InChI is InChI=1S/C23H13F3/c24-23(25,26)22-16-12-19(13-17-22)11-15-21-9-5-4-8-20(21)14-10-18-6-2-1-3-7-18/h1-9,12-13,16-17H. The first-order valence-corrected chi connectivity index (χ1v) is 7.88. The largest absolute Gasteiger partial charge is 0.416 e. The lowest BCUT2D eigenvalue weighted by molar-refractivity contribution is -0.137. The van der Waals surface area contributed by atoms with Gasteiger partial charge < -0.3 is 0 Å². The Morgan fingerprint density at radius 3 is 1.46 bits per heavy atom. The van der Waals surface area contributed by atoms with Gasteiger partial charge in [-0.25, -0.2) is 0 Å². The van der Waals surface area contributed by atoms with Gasteiger partial charge in [0, 0.05) is 22.3 Å². The second-order valence-electron chi connectivity index (χ2n) is 5.49. The van der Waals surface area contributed by atoms with Crippen molar-refractivity contribution in [1.29, 1.82) is 0 Å². The van der Waals surface area contributed by atoms with Crippen LogP contribution in [0.1, 0.15) is 27.8 Å². The summed E-state index contributed by atoms with van der Waals surface area (Å²) in [6, 6.07) is 21.8. The Kier molecular flexibility index (Phi) is 5.11.